The summed E-state index contributed by atoms with van der Waals surface area (Å²) in [5.41, 5.74) is -2.11. The van der Waals surface area contributed by atoms with Gasteiger partial charge in [0.2, 0.25) is 0 Å². The van der Waals surface area contributed by atoms with Crippen molar-refractivity contribution in [3.63, 3.8) is 0 Å². The molecule has 0 spiro atoms. The van der Waals surface area contributed by atoms with Crippen LogP contribution in [0.1, 0.15) is 64.7 Å². The van der Waals surface area contributed by atoms with Crippen LogP contribution in [0.25, 0.3) is 0 Å². The Morgan fingerprint density at radius 3 is 2.57 bits per heavy atom. The van der Waals surface area contributed by atoms with Crippen molar-refractivity contribution >= 4 is 12.2 Å². The summed E-state index contributed by atoms with van der Waals surface area (Å²) in [6, 6.07) is 0. The zero-order chi connectivity index (χ0) is 21.4. The lowest BCUT2D eigenvalue weighted by atomic mass is 9.41. The lowest BCUT2D eigenvalue weighted by molar-refractivity contribution is -0.237. The molecule has 0 bridgehead atoms. The standard InChI is InChI=1S/C23H33NO6/c1-20-6-3-17-18(23(20,28)9-5-16(20)14-10-19(26)30-12-14)4-8-22(27)11-15(25)2-7-21(17,22)13-24-29/h10,13,15-18,25,27-29H,2-9,11-12H2,1H3/b24-13-/t15-,16-,17+,18-,20-,21-,22+,23-/m0/s1. The first-order valence-corrected chi connectivity index (χ1v) is 11.4. The topological polar surface area (TPSA) is 120 Å². The van der Waals surface area contributed by atoms with E-state index in [0.29, 0.717) is 38.7 Å². The van der Waals surface area contributed by atoms with E-state index in [2.05, 4.69) is 12.1 Å². The molecular formula is C23H33NO6. The van der Waals surface area contributed by atoms with Crippen LogP contribution in [-0.4, -0.2) is 56.6 Å². The normalized spacial score (nSPS) is 53.1. The molecule has 0 amide bonds. The quantitative estimate of drug-likeness (QED) is 0.236. The van der Waals surface area contributed by atoms with Gasteiger partial charge in [-0.25, -0.2) is 4.79 Å². The fourth-order valence-corrected chi connectivity index (χ4v) is 8.46. The molecule has 0 aromatic rings. The number of hydrogen-bond donors (Lipinski definition) is 4. The van der Waals surface area contributed by atoms with Gasteiger partial charge in [0.25, 0.3) is 0 Å². The Bertz CT molecular complexity index is 812. The van der Waals surface area contributed by atoms with Crippen molar-refractivity contribution < 1.29 is 30.1 Å². The molecule has 1 heterocycles. The lowest BCUT2D eigenvalue weighted by Crippen LogP contribution is -2.68. The van der Waals surface area contributed by atoms with Crippen LogP contribution in [0.15, 0.2) is 16.8 Å². The number of hydrogen-bond acceptors (Lipinski definition) is 7. The molecule has 7 nitrogen and oxygen atoms in total. The van der Waals surface area contributed by atoms with Gasteiger partial charge in [-0.1, -0.05) is 6.92 Å². The van der Waals surface area contributed by atoms with Crippen molar-refractivity contribution in [3.05, 3.63) is 11.6 Å². The number of esters is 1. The molecule has 0 radical (unpaired) electrons. The van der Waals surface area contributed by atoms with Crippen LogP contribution in [-0.2, 0) is 9.53 Å². The maximum absolute atomic E-state index is 12.2. The summed E-state index contributed by atoms with van der Waals surface area (Å²) >= 11 is 0. The Hall–Kier alpha value is -1.44. The number of cyclic esters (lactones) is 1. The summed E-state index contributed by atoms with van der Waals surface area (Å²) in [4.78, 5) is 11.7. The molecule has 0 saturated heterocycles. The summed E-state index contributed by atoms with van der Waals surface area (Å²) in [5.74, 6) is -0.203. The van der Waals surface area contributed by atoms with Gasteiger partial charge in [-0.05, 0) is 74.7 Å². The van der Waals surface area contributed by atoms with E-state index in [4.69, 9.17) is 4.74 Å². The first-order valence-electron chi connectivity index (χ1n) is 11.4. The third-order valence-corrected chi connectivity index (χ3v) is 9.93. The molecule has 4 saturated carbocycles. The molecule has 1 aliphatic heterocycles. The number of rotatable bonds is 2. The Kier molecular flexibility index (Phi) is 4.45. The molecular weight excluding hydrogens is 386 g/mol. The predicted molar refractivity (Wildman–Crippen MR) is 108 cm³/mol. The van der Waals surface area contributed by atoms with E-state index >= 15 is 0 Å². The Morgan fingerprint density at radius 1 is 1.10 bits per heavy atom. The van der Waals surface area contributed by atoms with Gasteiger partial charge in [-0.2, -0.15) is 0 Å². The van der Waals surface area contributed by atoms with Gasteiger partial charge < -0.3 is 25.3 Å². The minimum absolute atomic E-state index is 0.00749. The minimum Gasteiger partial charge on any atom is -0.458 e. The number of fused-ring (bicyclic) bond motifs is 5. The number of nitrogens with zero attached hydrogens (tertiary/aromatic N) is 1. The summed E-state index contributed by atoms with van der Waals surface area (Å²) < 4.78 is 5.17. The highest BCUT2D eigenvalue weighted by atomic mass is 16.5. The molecule has 0 aromatic carbocycles. The zero-order valence-electron chi connectivity index (χ0n) is 17.6. The van der Waals surface area contributed by atoms with E-state index in [0.717, 1.165) is 24.8 Å². The second-order valence-electron chi connectivity index (χ2n) is 10.8. The van der Waals surface area contributed by atoms with Crippen LogP contribution in [0.2, 0.25) is 0 Å². The van der Waals surface area contributed by atoms with Crippen molar-refractivity contribution in [1.29, 1.82) is 0 Å². The van der Waals surface area contributed by atoms with Crippen LogP contribution < -0.4 is 0 Å². The number of aliphatic hydroxyl groups excluding tert-OH is 1. The van der Waals surface area contributed by atoms with Gasteiger partial charge in [0.1, 0.15) is 6.61 Å². The number of carbonyl (C=O) groups is 1. The van der Waals surface area contributed by atoms with Gasteiger partial charge in [0.15, 0.2) is 0 Å². The average molecular weight is 420 g/mol. The Morgan fingerprint density at radius 2 is 1.87 bits per heavy atom. The number of ether oxygens (including phenoxy) is 1. The van der Waals surface area contributed by atoms with E-state index < -0.39 is 22.7 Å². The zero-order valence-corrected chi connectivity index (χ0v) is 17.6. The molecule has 5 rings (SSSR count). The van der Waals surface area contributed by atoms with Gasteiger partial charge in [0, 0.05) is 23.3 Å². The molecule has 4 aliphatic carbocycles. The van der Waals surface area contributed by atoms with Crippen molar-refractivity contribution in [2.45, 2.75) is 82.0 Å². The van der Waals surface area contributed by atoms with E-state index in [9.17, 15) is 25.3 Å². The molecule has 7 heteroatoms. The predicted octanol–water partition coefficient (Wildman–Crippen LogP) is 2.16. The van der Waals surface area contributed by atoms with E-state index in [1.54, 1.807) is 6.08 Å². The fourth-order valence-electron chi connectivity index (χ4n) is 8.46. The minimum atomic E-state index is -1.12. The fraction of sp³-hybridized carbons (Fsp3) is 0.826. The largest absolute Gasteiger partial charge is 0.458 e. The van der Waals surface area contributed by atoms with Crippen molar-refractivity contribution in [2.24, 2.45) is 33.7 Å². The first kappa shape index (κ1) is 20.5. The molecule has 30 heavy (non-hydrogen) atoms. The van der Waals surface area contributed by atoms with Crippen LogP contribution >= 0.6 is 0 Å². The SMILES string of the molecule is C[C@@]12CC[C@@H]3[C@H](CC[C@@]4(O)C[C@@H](O)CC[C@]34/C=N\O)[C@@]1(O)CC[C@H]2C1=CC(=O)OC1. The van der Waals surface area contributed by atoms with Crippen molar-refractivity contribution in [3.8, 4) is 0 Å². The summed E-state index contributed by atoms with van der Waals surface area (Å²) in [7, 11) is 0. The van der Waals surface area contributed by atoms with E-state index in [-0.39, 0.29) is 35.6 Å². The highest BCUT2D eigenvalue weighted by Gasteiger charge is 2.71. The number of oxime groups is 1. The third-order valence-electron chi connectivity index (χ3n) is 9.93. The Labute approximate surface area is 176 Å². The monoisotopic (exact) mass is 419 g/mol. The maximum Gasteiger partial charge on any atom is 0.331 e. The van der Waals surface area contributed by atoms with Gasteiger partial charge in [0.05, 0.1) is 23.5 Å². The molecule has 0 aromatic heterocycles. The second-order valence-corrected chi connectivity index (χ2v) is 10.8. The highest BCUT2D eigenvalue weighted by molar-refractivity contribution is 5.85. The van der Waals surface area contributed by atoms with Gasteiger partial charge in [-0.3, -0.25) is 0 Å². The number of carbonyl (C=O) groups excluding carboxylic acids is 1. The Balaban J connectivity index is 1.53. The molecule has 5 aliphatic rings. The van der Waals surface area contributed by atoms with Crippen molar-refractivity contribution in [1.82, 2.24) is 0 Å². The highest BCUT2D eigenvalue weighted by Crippen LogP contribution is 2.70. The smallest absolute Gasteiger partial charge is 0.331 e. The maximum atomic E-state index is 12.2. The molecule has 166 valence electrons. The molecule has 0 unspecified atom stereocenters. The van der Waals surface area contributed by atoms with E-state index in [1.807, 2.05) is 0 Å². The second kappa shape index (κ2) is 6.53. The first-order chi connectivity index (χ1) is 14.2. The van der Waals surface area contributed by atoms with Gasteiger partial charge in [-0.15, -0.1) is 5.16 Å². The van der Waals surface area contributed by atoms with Crippen LogP contribution in [0, 0.1) is 28.6 Å². The number of aliphatic hydroxyl groups is 3. The molecule has 8 atom stereocenters. The van der Waals surface area contributed by atoms with Crippen LogP contribution in [0.4, 0.5) is 0 Å². The molecule has 4 fully saturated rings. The van der Waals surface area contributed by atoms with Crippen LogP contribution in [0.3, 0.4) is 0 Å². The molecule has 4 N–H and O–H groups in total. The lowest BCUT2D eigenvalue weighted by Gasteiger charge is -2.65. The summed E-state index contributed by atoms with van der Waals surface area (Å²) in [6.45, 7) is 2.48. The summed E-state index contributed by atoms with van der Waals surface area (Å²) in [6.07, 6.45) is 8.20. The summed E-state index contributed by atoms with van der Waals surface area (Å²) in [5, 5.41) is 47.0. The average Bonchev–Trinajstić information content (AvgIpc) is 3.23. The third kappa shape index (κ3) is 2.43. The van der Waals surface area contributed by atoms with Crippen molar-refractivity contribution in [2.75, 3.05) is 6.61 Å². The van der Waals surface area contributed by atoms with E-state index in [1.165, 1.54) is 6.21 Å². The van der Waals surface area contributed by atoms with Gasteiger partial charge >= 0.3 is 5.97 Å². The van der Waals surface area contributed by atoms with Crippen LogP contribution in [0.5, 0.6) is 0 Å².